The zero-order valence-corrected chi connectivity index (χ0v) is 19.2. The summed E-state index contributed by atoms with van der Waals surface area (Å²) < 4.78 is 5.74. The zero-order valence-electron chi connectivity index (χ0n) is 19.2. The summed E-state index contributed by atoms with van der Waals surface area (Å²) in [5.74, 6) is 1.18. The Bertz CT molecular complexity index is 1030. The average molecular weight is 433 g/mol. The van der Waals surface area contributed by atoms with Gasteiger partial charge in [0.15, 0.2) is 0 Å². The Kier molecular flexibility index (Phi) is 6.70. The maximum atomic E-state index is 13.6. The van der Waals surface area contributed by atoms with Gasteiger partial charge in [-0.05, 0) is 44.4 Å². The molecule has 168 valence electrons. The first kappa shape index (κ1) is 22.2. The van der Waals surface area contributed by atoms with Gasteiger partial charge in [0.1, 0.15) is 17.0 Å². The lowest BCUT2D eigenvalue weighted by molar-refractivity contribution is -0.132. The second kappa shape index (κ2) is 9.65. The molecule has 0 saturated carbocycles. The van der Waals surface area contributed by atoms with Gasteiger partial charge in [0.25, 0.3) is 0 Å². The number of hydrogen-bond acceptors (Lipinski definition) is 5. The Balaban J connectivity index is 1.61. The van der Waals surface area contributed by atoms with Gasteiger partial charge < -0.3 is 9.84 Å². The van der Waals surface area contributed by atoms with Crippen LogP contribution in [0.25, 0.3) is 11.3 Å². The van der Waals surface area contributed by atoms with Gasteiger partial charge in [0.2, 0.25) is 5.91 Å². The number of rotatable bonds is 8. The lowest BCUT2D eigenvalue weighted by Crippen LogP contribution is -2.57. The monoisotopic (exact) mass is 432 g/mol. The van der Waals surface area contributed by atoms with E-state index >= 15 is 0 Å². The third-order valence-electron chi connectivity index (χ3n) is 6.17. The van der Waals surface area contributed by atoms with Crippen LogP contribution in [0.3, 0.4) is 0 Å². The predicted molar refractivity (Wildman–Crippen MR) is 125 cm³/mol. The summed E-state index contributed by atoms with van der Waals surface area (Å²) in [6.07, 6.45) is 4.03. The van der Waals surface area contributed by atoms with Gasteiger partial charge in [0, 0.05) is 37.3 Å². The van der Waals surface area contributed by atoms with Gasteiger partial charge in [0.05, 0.1) is 5.69 Å². The summed E-state index contributed by atoms with van der Waals surface area (Å²) in [5, 5.41) is 7.48. The highest BCUT2D eigenvalue weighted by Crippen LogP contribution is 2.35. The SMILES string of the molecule is Cc1ccc(-c2cc(CC3(C(=O)NCC(C)C)CCCN3Cc3ccccn3)on2)cc1. The maximum Gasteiger partial charge on any atom is 0.241 e. The van der Waals surface area contributed by atoms with E-state index in [0.29, 0.717) is 25.4 Å². The molecule has 1 fully saturated rings. The van der Waals surface area contributed by atoms with Gasteiger partial charge in [-0.25, -0.2) is 0 Å². The normalized spacial score (nSPS) is 18.9. The third kappa shape index (κ3) is 4.91. The molecule has 1 aromatic carbocycles. The molecule has 1 N–H and O–H groups in total. The highest BCUT2D eigenvalue weighted by molar-refractivity contribution is 5.87. The number of nitrogens with zero attached hydrogens (tertiary/aromatic N) is 3. The van der Waals surface area contributed by atoms with Crippen molar-refractivity contribution in [1.29, 1.82) is 0 Å². The van der Waals surface area contributed by atoms with Crippen LogP contribution in [0.15, 0.2) is 59.3 Å². The van der Waals surface area contributed by atoms with Crippen LogP contribution in [-0.4, -0.2) is 39.6 Å². The lowest BCUT2D eigenvalue weighted by atomic mass is 9.88. The van der Waals surface area contributed by atoms with Crippen LogP contribution >= 0.6 is 0 Å². The van der Waals surface area contributed by atoms with Crippen LogP contribution in [0.4, 0.5) is 0 Å². The minimum absolute atomic E-state index is 0.0629. The van der Waals surface area contributed by atoms with Crippen molar-refractivity contribution in [1.82, 2.24) is 20.4 Å². The van der Waals surface area contributed by atoms with Crippen molar-refractivity contribution in [3.63, 3.8) is 0 Å². The molecule has 32 heavy (non-hydrogen) atoms. The molecular weight excluding hydrogens is 400 g/mol. The quantitative estimate of drug-likeness (QED) is 0.571. The molecule has 1 unspecified atom stereocenters. The van der Waals surface area contributed by atoms with Gasteiger partial charge in [-0.3, -0.25) is 14.7 Å². The standard InChI is InChI=1S/C26H32N4O2/c1-19(2)17-28-25(31)26(12-6-14-30(26)18-22-7-4-5-13-27-22)16-23-15-24(29-32-23)21-10-8-20(3)9-11-21/h4-5,7-11,13,15,19H,6,12,14,16-18H2,1-3H3,(H,28,31). The fourth-order valence-corrected chi connectivity index (χ4v) is 4.40. The number of benzene rings is 1. The summed E-state index contributed by atoms with van der Waals surface area (Å²) in [7, 11) is 0. The van der Waals surface area contributed by atoms with E-state index in [4.69, 9.17) is 4.52 Å². The highest BCUT2D eigenvalue weighted by Gasteiger charge is 2.48. The van der Waals surface area contributed by atoms with Gasteiger partial charge in [-0.1, -0.05) is 54.9 Å². The molecule has 1 aliphatic rings. The topological polar surface area (TPSA) is 71.3 Å². The van der Waals surface area contributed by atoms with Crippen molar-refractivity contribution in [2.45, 2.75) is 52.1 Å². The van der Waals surface area contributed by atoms with E-state index in [2.05, 4.69) is 53.3 Å². The molecule has 4 rings (SSSR count). The predicted octanol–water partition coefficient (Wildman–Crippen LogP) is 4.39. The number of hydrogen-bond donors (Lipinski definition) is 1. The molecule has 2 aromatic heterocycles. The fraction of sp³-hybridized carbons (Fsp3) is 0.423. The molecule has 6 heteroatoms. The lowest BCUT2D eigenvalue weighted by Gasteiger charge is -2.36. The summed E-state index contributed by atoms with van der Waals surface area (Å²) in [4.78, 5) is 20.3. The number of nitrogens with one attached hydrogen (secondary N) is 1. The van der Waals surface area contributed by atoms with E-state index in [1.54, 1.807) is 6.20 Å². The van der Waals surface area contributed by atoms with E-state index in [0.717, 1.165) is 42.1 Å². The van der Waals surface area contributed by atoms with Crippen LogP contribution in [0.5, 0.6) is 0 Å². The second-order valence-electron chi connectivity index (χ2n) is 9.20. The Morgan fingerprint density at radius 3 is 2.75 bits per heavy atom. The molecule has 1 saturated heterocycles. The van der Waals surface area contributed by atoms with Crippen molar-refractivity contribution >= 4 is 5.91 Å². The van der Waals surface area contributed by atoms with E-state index in [1.807, 2.05) is 36.4 Å². The van der Waals surface area contributed by atoms with Crippen molar-refractivity contribution in [2.24, 2.45) is 5.92 Å². The van der Waals surface area contributed by atoms with Crippen LogP contribution < -0.4 is 5.32 Å². The molecule has 0 bridgehead atoms. The number of pyridine rings is 1. The van der Waals surface area contributed by atoms with Crippen LogP contribution in [0.1, 0.15) is 43.7 Å². The van der Waals surface area contributed by atoms with E-state index in [1.165, 1.54) is 5.56 Å². The number of aryl methyl sites for hydroxylation is 1. The fourth-order valence-electron chi connectivity index (χ4n) is 4.40. The first-order chi connectivity index (χ1) is 15.5. The minimum atomic E-state index is -0.670. The molecule has 1 amide bonds. The summed E-state index contributed by atoms with van der Waals surface area (Å²) in [6, 6.07) is 16.1. The van der Waals surface area contributed by atoms with Crippen molar-refractivity contribution < 1.29 is 9.32 Å². The van der Waals surface area contributed by atoms with Crippen LogP contribution in [-0.2, 0) is 17.8 Å². The van der Waals surface area contributed by atoms with Crippen molar-refractivity contribution in [3.8, 4) is 11.3 Å². The summed E-state index contributed by atoms with van der Waals surface area (Å²) >= 11 is 0. The smallest absolute Gasteiger partial charge is 0.241 e. The summed E-state index contributed by atoms with van der Waals surface area (Å²) in [5.41, 5.74) is 3.31. The molecular formula is C26H32N4O2. The van der Waals surface area contributed by atoms with E-state index in [9.17, 15) is 4.79 Å². The summed E-state index contributed by atoms with van der Waals surface area (Å²) in [6.45, 7) is 8.42. The number of amides is 1. The molecule has 0 aliphatic carbocycles. The molecule has 3 heterocycles. The number of carbonyl (C=O) groups is 1. The molecule has 0 spiro atoms. The Morgan fingerprint density at radius 2 is 2.03 bits per heavy atom. The molecule has 1 aliphatic heterocycles. The van der Waals surface area contributed by atoms with Gasteiger partial charge in [-0.15, -0.1) is 0 Å². The van der Waals surface area contributed by atoms with Gasteiger partial charge >= 0.3 is 0 Å². The largest absolute Gasteiger partial charge is 0.361 e. The number of carbonyl (C=O) groups excluding carboxylic acids is 1. The van der Waals surface area contributed by atoms with E-state index < -0.39 is 5.54 Å². The Hall–Kier alpha value is -2.99. The maximum absolute atomic E-state index is 13.6. The minimum Gasteiger partial charge on any atom is -0.361 e. The van der Waals surface area contributed by atoms with Crippen molar-refractivity contribution in [3.05, 3.63) is 71.7 Å². The first-order valence-electron chi connectivity index (χ1n) is 11.4. The average Bonchev–Trinajstić information content (AvgIpc) is 3.41. The first-order valence-corrected chi connectivity index (χ1v) is 11.4. The molecule has 3 aromatic rings. The second-order valence-corrected chi connectivity index (χ2v) is 9.20. The Morgan fingerprint density at radius 1 is 1.22 bits per heavy atom. The third-order valence-corrected chi connectivity index (χ3v) is 6.17. The Labute approximate surface area is 190 Å². The molecule has 0 radical (unpaired) electrons. The highest BCUT2D eigenvalue weighted by atomic mass is 16.5. The van der Waals surface area contributed by atoms with Crippen LogP contribution in [0, 0.1) is 12.8 Å². The van der Waals surface area contributed by atoms with E-state index in [-0.39, 0.29) is 5.91 Å². The molecule has 6 nitrogen and oxygen atoms in total. The number of likely N-dealkylation sites (tertiary alicyclic amines) is 1. The van der Waals surface area contributed by atoms with Crippen LogP contribution in [0.2, 0.25) is 0 Å². The van der Waals surface area contributed by atoms with Crippen molar-refractivity contribution in [2.75, 3.05) is 13.1 Å². The van der Waals surface area contributed by atoms with Gasteiger partial charge in [-0.2, -0.15) is 0 Å². The number of aromatic nitrogens is 2. The molecule has 1 atom stereocenters. The zero-order chi connectivity index (χ0) is 22.6.